The van der Waals surface area contributed by atoms with E-state index in [1.807, 2.05) is 24.4 Å². The Morgan fingerprint density at radius 2 is 2.29 bits per heavy atom. The van der Waals surface area contributed by atoms with E-state index in [0.717, 1.165) is 11.0 Å². The van der Waals surface area contributed by atoms with Gasteiger partial charge in [-0.15, -0.1) is 0 Å². The highest BCUT2D eigenvalue weighted by Gasteiger charge is 1.88. The zero-order valence-electron chi connectivity index (χ0n) is 7.86. The average molecular weight is 191 g/mol. The number of H-pyrrole nitrogens is 1. The predicted molar refractivity (Wildman–Crippen MR) is 51.4 cm³/mol. The lowest BCUT2D eigenvalue weighted by Gasteiger charge is -1.87. The minimum atomic E-state index is -0.995. The van der Waals surface area contributed by atoms with E-state index in [9.17, 15) is 9.90 Å². The first kappa shape index (κ1) is 10.2. The molecule has 0 radical (unpaired) electrons. The zero-order valence-corrected chi connectivity index (χ0v) is 7.86. The van der Waals surface area contributed by atoms with Crippen LogP contribution in [-0.4, -0.2) is 15.9 Å². The summed E-state index contributed by atoms with van der Waals surface area (Å²) in [7, 11) is 0. The van der Waals surface area contributed by atoms with Gasteiger partial charge in [0.15, 0.2) is 0 Å². The number of aliphatic carboxylic acids is 1. The van der Waals surface area contributed by atoms with Gasteiger partial charge < -0.3 is 14.9 Å². The minimum Gasteiger partial charge on any atom is -0.550 e. The normalized spacial score (nSPS) is 9.21. The van der Waals surface area contributed by atoms with Gasteiger partial charge in [-0.05, 0) is 24.6 Å². The molecule has 0 saturated carbocycles. The summed E-state index contributed by atoms with van der Waals surface area (Å²) in [6.45, 7) is 1.54. The van der Waals surface area contributed by atoms with E-state index in [1.165, 1.54) is 6.92 Å². The Morgan fingerprint density at radius 1 is 1.57 bits per heavy atom. The molecule has 0 fully saturated rings. The lowest BCUT2D eigenvalue weighted by atomic mass is 10.3. The summed E-state index contributed by atoms with van der Waals surface area (Å²) in [6.07, 6.45) is 3.77. The first-order chi connectivity index (χ1) is 6.74. The van der Waals surface area contributed by atoms with E-state index in [0.29, 0.717) is 0 Å². The third-order valence-electron chi connectivity index (χ3n) is 1.61. The van der Waals surface area contributed by atoms with E-state index in [1.54, 1.807) is 6.20 Å². The largest absolute Gasteiger partial charge is 0.550 e. The summed E-state index contributed by atoms with van der Waals surface area (Å²) < 4.78 is 0. The molecule has 0 unspecified atom stereocenters. The first-order valence-corrected chi connectivity index (χ1v) is 4.32. The zero-order chi connectivity index (χ0) is 10.4. The molecule has 2 aromatic heterocycles. The summed E-state index contributed by atoms with van der Waals surface area (Å²) in [5.74, 6) is -0.995. The van der Waals surface area contributed by atoms with Crippen LogP contribution in [0.3, 0.4) is 0 Å². The molecular formula is C10H11N2O2-. The number of carbonyl (C=O) groups is 1. The van der Waals surface area contributed by atoms with Crippen LogP contribution >= 0.6 is 0 Å². The standard InChI is InChI=1S/C7H6N2.C3H6O2/c1-2-6-3-5-9-7(6)8-4-1;1-2-3(4)5/h1-5H,(H,8,9);2H2,1H3,(H,4,5)/p-1. The van der Waals surface area contributed by atoms with Crippen molar-refractivity contribution >= 4 is 17.0 Å². The SMILES string of the molecule is CCC(=O)[O-].c1cnc2[nH]ccc2c1. The molecule has 0 bridgehead atoms. The Kier molecular flexibility index (Phi) is 3.67. The van der Waals surface area contributed by atoms with Gasteiger partial charge in [0.2, 0.25) is 0 Å². The van der Waals surface area contributed by atoms with Gasteiger partial charge in [-0.1, -0.05) is 6.92 Å². The summed E-state index contributed by atoms with van der Waals surface area (Å²) in [4.78, 5) is 16.4. The highest BCUT2D eigenvalue weighted by Crippen LogP contribution is 2.05. The number of carbonyl (C=O) groups excluding carboxylic acids is 1. The van der Waals surface area contributed by atoms with Crippen molar-refractivity contribution in [3.05, 3.63) is 30.6 Å². The Labute approximate surface area is 81.6 Å². The Hall–Kier alpha value is -1.84. The first-order valence-electron chi connectivity index (χ1n) is 4.32. The Morgan fingerprint density at radius 3 is 2.86 bits per heavy atom. The molecule has 0 aromatic carbocycles. The predicted octanol–water partition coefficient (Wildman–Crippen LogP) is 0.709. The van der Waals surface area contributed by atoms with E-state index in [4.69, 9.17) is 0 Å². The van der Waals surface area contributed by atoms with Gasteiger partial charge in [0.05, 0.1) is 0 Å². The van der Waals surface area contributed by atoms with Gasteiger partial charge in [0, 0.05) is 23.7 Å². The molecular weight excluding hydrogens is 180 g/mol. The van der Waals surface area contributed by atoms with Crippen LogP contribution in [0.25, 0.3) is 11.0 Å². The maximum atomic E-state index is 9.26. The van der Waals surface area contributed by atoms with Gasteiger partial charge >= 0.3 is 0 Å². The summed E-state index contributed by atoms with van der Waals surface area (Å²) in [5, 5.41) is 10.4. The smallest absolute Gasteiger partial charge is 0.137 e. The van der Waals surface area contributed by atoms with E-state index >= 15 is 0 Å². The molecule has 14 heavy (non-hydrogen) atoms. The molecule has 0 aliphatic rings. The van der Waals surface area contributed by atoms with Gasteiger partial charge in [-0.3, -0.25) is 0 Å². The second-order valence-corrected chi connectivity index (χ2v) is 2.64. The number of hydrogen-bond donors (Lipinski definition) is 1. The molecule has 0 saturated heterocycles. The molecule has 0 amide bonds. The number of pyridine rings is 1. The highest BCUT2D eigenvalue weighted by molar-refractivity contribution is 5.74. The van der Waals surface area contributed by atoms with Gasteiger partial charge in [0.1, 0.15) is 5.65 Å². The summed E-state index contributed by atoms with van der Waals surface area (Å²) in [5.41, 5.74) is 0.956. The number of aromatic nitrogens is 2. The Bertz CT molecular complexity index is 379. The van der Waals surface area contributed by atoms with Crippen molar-refractivity contribution in [3.63, 3.8) is 0 Å². The van der Waals surface area contributed by atoms with Crippen molar-refractivity contribution in [1.29, 1.82) is 0 Å². The molecule has 0 spiro atoms. The fraction of sp³-hybridized carbons (Fsp3) is 0.200. The number of nitrogens with zero attached hydrogens (tertiary/aromatic N) is 1. The lowest BCUT2D eigenvalue weighted by molar-refractivity contribution is -0.305. The third kappa shape index (κ3) is 2.90. The molecule has 4 nitrogen and oxygen atoms in total. The number of aromatic amines is 1. The number of nitrogens with one attached hydrogen (secondary N) is 1. The monoisotopic (exact) mass is 191 g/mol. The van der Waals surface area contributed by atoms with Crippen molar-refractivity contribution in [3.8, 4) is 0 Å². The number of carboxylic acid groups (broad SMARTS) is 1. The number of hydrogen-bond acceptors (Lipinski definition) is 3. The van der Waals surface area contributed by atoms with E-state index < -0.39 is 5.97 Å². The summed E-state index contributed by atoms with van der Waals surface area (Å²) in [6, 6.07) is 5.96. The second-order valence-electron chi connectivity index (χ2n) is 2.64. The molecule has 0 atom stereocenters. The van der Waals surface area contributed by atoms with Crippen LogP contribution in [0.1, 0.15) is 13.3 Å². The Balaban J connectivity index is 0.000000171. The maximum absolute atomic E-state index is 9.26. The number of fused-ring (bicyclic) bond motifs is 1. The molecule has 2 heterocycles. The molecule has 4 heteroatoms. The quantitative estimate of drug-likeness (QED) is 0.721. The second kappa shape index (κ2) is 5.01. The third-order valence-corrected chi connectivity index (χ3v) is 1.61. The van der Waals surface area contributed by atoms with Crippen LogP contribution in [0.4, 0.5) is 0 Å². The van der Waals surface area contributed by atoms with E-state index in [-0.39, 0.29) is 6.42 Å². The van der Waals surface area contributed by atoms with Gasteiger partial charge in [0.25, 0.3) is 0 Å². The van der Waals surface area contributed by atoms with Crippen LogP contribution in [0.2, 0.25) is 0 Å². The number of rotatable bonds is 1. The fourth-order valence-electron chi connectivity index (χ4n) is 0.883. The van der Waals surface area contributed by atoms with Crippen molar-refractivity contribution in [2.75, 3.05) is 0 Å². The molecule has 0 aliphatic heterocycles. The maximum Gasteiger partial charge on any atom is 0.137 e. The van der Waals surface area contributed by atoms with Crippen molar-refractivity contribution in [2.45, 2.75) is 13.3 Å². The minimum absolute atomic E-state index is 0.111. The fourth-order valence-corrected chi connectivity index (χ4v) is 0.883. The van der Waals surface area contributed by atoms with Gasteiger partial charge in [-0.2, -0.15) is 0 Å². The van der Waals surface area contributed by atoms with Gasteiger partial charge in [-0.25, -0.2) is 4.98 Å². The number of carboxylic acids is 1. The lowest BCUT2D eigenvalue weighted by Crippen LogP contribution is -2.19. The van der Waals surface area contributed by atoms with E-state index in [2.05, 4.69) is 9.97 Å². The van der Waals surface area contributed by atoms with Crippen LogP contribution in [0.5, 0.6) is 0 Å². The van der Waals surface area contributed by atoms with Crippen molar-refractivity contribution in [2.24, 2.45) is 0 Å². The molecule has 2 aromatic rings. The molecule has 74 valence electrons. The highest BCUT2D eigenvalue weighted by atomic mass is 16.4. The summed E-state index contributed by atoms with van der Waals surface area (Å²) >= 11 is 0. The van der Waals surface area contributed by atoms with Crippen LogP contribution in [0, 0.1) is 0 Å². The van der Waals surface area contributed by atoms with Crippen LogP contribution < -0.4 is 5.11 Å². The van der Waals surface area contributed by atoms with Crippen molar-refractivity contribution in [1.82, 2.24) is 9.97 Å². The van der Waals surface area contributed by atoms with Crippen molar-refractivity contribution < 1.29 is 9.90 Å². The average Bonchev–Trinajstić information content (AvgIpc) is 2.66. The van der Waals surface area contributed by atoms with Crippen LogP contribution in [-0.2, 0) is 4.79 Å². The molecule has 2 rings (SSSR count). The molecule has 1 N–H and O–H groups in total. The topological polar surface area (TPSA) is 68.8 Å². The van der Waals surface area contributed by atoms with Crippen LogP contribution in [0.15, 0.2) is 30.6 Å². The molecule has 0 aliphatic carbocycles.